The summed E-state index contributed by atoms with van der Waals surface area (Å²) in [5, 5.41) is 3.07. The molecule has 2 nitrogen and oxygen atoms in total. The Balaban J connectivity index is 2.80. The van der Waals surface area contributed by atoms with E-state index in [0.29, 0.717) is 0 Å². The maximum atomic E-state index is 5.29. The predicted molar refractivity (Wildman–Crippen MR) is 41.1 cm³/mol. The summed E-state index contributed by atoms with van der Waals surface area (Å²) in [6.07, 6.45) is 3.44. The lowest BCUT2D eigenvalue weighted by Gasteiger charge is -2.03. The third-order valence-corrected chi connectivity index (χ3v) is 1.32. The van der Waals surface area contributed by atoms with Crippen molar-refractivity contribution in [1.29, 1.82) is 0 Å². The van der Waals surface area contributed by atoms with E-state index in [0.717, 1.165) is 11.5 Å². The Kier molecular flexibility index (Phi) is 1.81. The number of hydrogen-bond acceptors (Lipinski definition) is 2. The van der Waals surface area contributed by atoms with Crippen LogP contribution in [0.1, 0.15) is 6.92 Å². The molecule has 0 aliphatic carbocycles. The molecule has 54 valence electrons. The van der Waals surface area contributed by atoms with Crippen molar-refractivity contribution >= 4 is 0 Å². The average Bonchev–Trinajstić information content (AvgIpc) is 2.30. The summed E-state index contributed by atoms with van der Waals surface area (Å²) in [5.41, 5.74) is 0.919. The fourth-order valence-corrected chi connectivity index (χ4v) is 0.891. The van der Waals surface area contributed by atoms with Gasteiger partial charge in [0.25, 0.3) is 0 Å². The highest BCUT2D eigenvalue weighted by Gasteiger charge is 2.15. The minimum absolute atomic E-state index is 0.0426. The average molecular weight is 137 g/mol. The topological polar surface area (TPSA) is 21.3 Å². The molecule has 0 aromatic rings. The highest BCUT2D eigenvalue weighted by atomic mass is 16.5. The van der Waals surface area contributed by atoms with Crippen LogP contribution in [0.2, 0.25) is 0 Å². The normalized spacial score (nSPS) is 23.5. The van der Waals surface area contributed by atoms with Crippen molar-refractivity contribution in [3.63, 3.8) is 0 Å². The van der Waals surface area contributed by atoms with Crippen molar-refractivity contribution < 1.29 is 4.74 Å². The second-order valence-corrected chi connectivity index (χ2v) is 2.09. The van der Waals surface area contributed by atoms with E-state index in [9.17, 15) is 0 Å². The number of rotatable bonds is 2. The van der Waals surface area contributed by atoms with E-state index >= 15 is 0 Å². The van der Waals surface area contributed by atoms with Gasteiger partial charge in [-0.3, -0.25) is 0 Å². The van der Waals surface area contributed by atoms with E-state index in [-0.39, 0.29) is 6.23 Å². The third-order valence-electron chi connectivity index (χ3n) is 1.32. The van der Waals surface area contributed by atoms with E-state index < -0.39 is 0 Å². The summed E-state index contributed by atoms with van der Waals surface area (Å²) in [5.74, 6) is 0.780. The quantitative estimate of drug-likeness (QED) is 0.623. The molecule has 1 heterocycles. The van der Waals surface area contributed by atoms with Crippen molar-refractivity contribution in [3.8, 4) is 0 Å². The summed E-state index contributed by atoms with van der Waals surface area (Å²) in [7, 11) is 0. The maximum absolute atomic E-state index is 5.29. The van der Waals surface area contributed by atoms with Crippen LogP contribution in [0.15, 0.2) is 36.8 Å². The number of allylic oxidation sites excluding steroid dienone is 2. The zero-order chi connectivity index (χ0) is 7.56. The fraction of sp³-hybridized carbons (Fsp3) is 0.250. The molecule has 0 amide bonds. The van der Waals surface area contributed by atoms with E-state index in [1.165, 1.54) is 0 Å². The maximum Gasteiger partial charge on any atom is 0.167 e. The Morgan fingerprint density at radius 3 is 2.60 bits per heavy atom. The molecule has 0 radical (unpaired) electrons. The van der Waals surface area contributed by atoms with Crippen LogP contribution in [0.25, 0.3) is 0 Å². The molecule has 0 fully saturated rings. The first-order valence-electron chi connectivity index (χ1n) is 3.20. The van der Waals surface area contributed by atoms with Crippen LogP contribution in [0.3, 0.4) is 0 Å². The van der Waals surface area contributed by atoms with Crippen LogP contribution in [0, 0.1) is 0 Å². The number of ether oxygens (including phenoxy) is 1. The van der Waals surface area contributed by atoms with Gasteiger partial charge in [-0.2, -0.15) is 0 Å². The molecule has 1 unspecified atom stereocenters. The first kappa shape index (κ1) is 6.93. The first-order valence-corrected chi connectivity index (χ1v) is 3.20. The van der Waals surface area contributed by atoms with Crippen LogP contribution in [0.5, 0.6) is 0 Å². The zero-order valence-corrected chi connectivity index (χ0v) is 6.05. The Bertz CT molecular complexity index is 173. The zero-order valence-electron chi connectivity index (χ0n) is 6.05. The van der Waals surface area contributed by atoms with Crippen LogP contribution >= 0.6 is 0 Å². The minimum Gasteiger partial charge on any atom is -0.469 e. The molecule has 10 heavy (non-hydrogen) atoms. The van der Waals surface area contributed by atoms with Gasteiger partial charge in [-0.1, -0.05) is 13.2 Å². The van der Waals surface area contributed by atoms with Crippen LogP contribution < -0.4 is 5.32 Å². The standard InChI is InChI=1S/C8H11NO/c1-4-7-8(5-2)10-6(3)9-7/h4-6,9H,1-2H2,3H3. The molecule has 1 N–H and O–H groups in total. The Morgan fingerprint density at radius 1 is 1.50 bits per heavy atom. The van der Waals surface area contributed by atoms with Gasteiger partial charge in [-0.05, 0) is 19.1 Å². The smallest absolute Gasteiger partial charge is 0.167 e. The van der Waals surface area contributed by atoms with Crippen molar-refractivity contribution in [3.05, 3.63) is 36.8 Å². The SMILES string of the molecule is C=CC1=C(C=C)OC(C)N1. The largest absolute Gasteiger partial charge is 0.469 e. The molecule has 1 aliphatic rings. The van der Waals surface area contributed by atoms with E-state index in [4.69, 9.17) is 4.74 Å². The van der Waals surface area contributed by atoms with E-state index in [1.807, 2.05) is 6.92 Å². The molecule has 2 heteroatoms. The van der Waals surface area contributed by atoms with Gasteiger partial charge in [0.05, 0.1) is 5.70 Å². The predicted octanol–water partition coefficient (Wildman–Crippen LogP) is 1.54. The summed E-state index contributed by atoms with van der Waals surface area (Å²) in [6, 6.07) is 0. The highest BCUT2D eigenvalue weighted by molar-refractivity contribution is 5.28. The van der Waals surface area contributed by atoms with Gasteiger partial charge in [0.2, 0.25) is 0 Å². The third kappa shape index (κ3) is 1.05. The molecule has 0 spiro atoms. The number of nitrogens with one attached hydrogen (secondary N) is 1. The van der Waals surface area contributed by atoms with E-state index in [2.05, 4.69) is 18.5 Å². The molecule has 0 bridgehead atoms. The molecule has 0 aromatic heterocycles. The monoisotopic (exact) mass is 137 g/mol. The molecule has 0 aromatic carbocycles. The Hall–Kier alpha value is -1.18. The lowest BCUT2D eigenvalue weighted by Crippen LogP contribution is -2.18. The van der Waals surface area contributed by atoms with Gasteiger partial charge < -0.3 is 10.1 Å². The Morgan fingerprint density at radius 2 is 2.20 bits per heavy atom. The van der Waals surface area contributed by atoms with Gasteiger partial charge in [0.1, 0.15) is 5.76 Å². The first-order chi connectivity index (χ1) is 4.77. The van der Waals surface area contributed by atoms with E-state index in [1.54, 1.807) is 12.2 Å². The minimum atomic E-state index is 0.0426. The summed E-state index contributed by atoms with van der Waals surface area (Å²) < 4.78 is 5.29. The fourth-order valence-electron chi connectivity index (χ4n) is 0.891. The van der Waals surface area contributed by atoms with Gasteiger partial charge in [0.15, 0.2) is 6.23 Å². The Labute approximate surface area is 60.9 Å². The van der Waals surface area contributed by atoms with Crippen molar-refractivity contribution in [1.82, 2.24) is 5.32 Å². The summed E-state index contributed by atoms with van der Waals surface area (Å²) in [6.45, 7) is 9.16. The molecule has 0 saturated carbocycles. The van der Waals surface area contributed by atoms with Crippen LogP contribution in [0.4, 0.5) is 0 Å². The highest BCUT2D eigenvalue weighted by Crippen LogP contribution is 2.15. The van der Waals surface area contributed by atoms with Gasteiger partial charge in [-0.15, -0.1) is 0 Å². The molecule has 1 atom stereocenters. The van der Waals surface area contributed by atoms with Crippen molar-refractivity contribution in [2.24, 2.45) is 0 Å². The summed E-state index contributed by atoms with van der Waals surface area (Å²) >= 11 is 0. The van der Waals surface area contributed by atoms with Crippen molar-refractivity contribution in [2.45, 2.75) is 13.2 Å². The molecule has 1 rings (SSSR count). The molecule has 0 saturated heterocycles. The van der Waals surface area contributed by atoms with Gasteiger partial charge in [0, 0.05) is 0 Å². The second kappa shape index (κ2) is 2.60. The number of hydrogen-bond donors (Lipinski definition) is 1. The molecular weight excluding hydrogens is 126 g/mol. The molecular formula is C8H11NO. The van der Waals surface area contributed by atoms with Crippen molar-refractivity contribution in [2.75, 3.05) is 0 Å². The van der Waals surface area contributed by atoms with Gasteiger partial charge in [-0.25, -0.2) is 0 Å². The lowest BCUT2D eigenvalue weighted by atomic mass is 10.3. The second-order valence-electron chi connectivity index (χ2n) is 2.09. The van der Waals surface area contributed by atoms with Crippen LogP contribution in [-0.4, -0.2) is 6.23 Å². The molecule has 1 aliphatic heterocycles. The van der Waals surface area contributed by atoms with Gasteiger partial charge >= 0.3 is 0 Å². The lowest BCUT2D eigenvalue weighted by molar-refractivity contribution is 0.153. The van der Waals surface area contributed by atoms with Crippen LogP contribution in [-0.2, 0) is 4.74 Å². The summed E-state index contributed by atoms with van der Waals surface area (Å²) in [4.78, 5) is 0.